The van der Waals surface area contributed by atoms with Crippen LogP contribution in [0, 0.1) is 6.92 Å². The van der Waals surface area contributed by atoms with Crippen molar-refractivity contribution in [2.24, 2.45) is 0 Å². The first-order chi connectivity index (χ1) is 11.2. The summed E-state index contributed by atoms with van der Waals surface area (Å²) < 4.78 is 2.17. The molecule has 0 aliphatic carbocycles. The fraction of sp³-hybridized carbons (Fsp3) is 0.176. The summed E-state index contributed by atoms with van der Waals surface area (Å²) in [5, 5.41) is 6.05. The number of aromatic nitrogens is 2. The first-order valence-corrected chi connectivity index (χ1v) is 9.23. The van der Waals surface area contributed by atoms with E-state index in [0.717, 1.165) is 44.8 Å². The van der Waals surface area contributed by atoms with Gasteiger partial charge in [0.15, 0.2) is 5.16 Å². The fourth-order valence-corrected chi connectivity index (χ4v) is 4.33. The van der Waals surface area contributed by atoms with Gasteiger partial charge in [0.05, 0.1) is 16.3 Å². The molecule has 1 aliphatic heterocycles. The van der Waals surface area contributed by atoms with Gasteiger partial charge in [0, 0.05) is 24.1 Å². The molecule has 0 spiro atoms. The zero-order valence-corrected chi connectivity index (χ0v) is 14.2. The lowest BCUT2D eigenvalue weighted by Crippen LogP contribution is -2.11. The van der Waals surface area contributed by atoms with Gasteiger partial charge in [-0.1, -0.05) is 30.0 Å². The van der Waals surface area contributed by atoms with Gasteiger partial charge in [0.25, 0.3) is 5.91 Å². The fourth-order valence-electron chi connectivity index (χ4n) is 2.59. The van der Waals surface area contributed by atoms with Crippen molar-refractivity contribution < 1.29 is 4.79 Å². The quantitative estimate of drug-likeness (QED) is 0.773. The van der Waals surface area contributed by atoms with Crippen LogP contribution in [0.5, 0.6) is 0 Å². The van der Waals surface area contributed by atoms with Gasteiger partial charge in [-0.15, -0.1) is 11.3 Å². The monoisotopic (exact) mass is 341 g/mol. The maximum atomic E-state index is 12.4. The number of thioether (sulfide) groups is 1. The molecule has 6 heteroatoms. The Hall–Kier alpha value is -2.05. The normalized spacial score (nSPS) is 13.1. The largest absolute Gasteiger partial charge is 0.325 e. The number of thiophene rings is 1. The van der Waals surface area contributed by atoms with Crippen LogP contribution >= 0.6 is 23.1 Å². The van der Waals surface area contributed by atoms with Gasteiger partial charge >= 0.3 is 0 Å². The molecule has 2 aromatic heterocycles. The Balaban J connectivity index is 1.65. The molecule has 0 unspecified atom stereocenters. The Morgan fingerprint density at radius 3 is 3.00 bits per heavy atom. The van der Waals surface area contributed by atoms with Gasteiger partial charge in [0.2, 0.25) is 0 Å². The second kappa shape index (κ2) is 5.86. The lowest BCUT2D eigenvalue weighted by Gasteiger charge is -2.08. The predicted octanol–water partition coefficient (Wildman–Crippen LogP) is 4.28. The third kappa shape index (κ3) is 2.80. The molecular formula is C17H15N3OS2. The average molecular weight is 341 g/mol. The van der Waals surface area contributed by atoms with E-state index in [1.54, 1.807) is 11.8 Å². The lowest BCUT2D eigenvalue weighted by atomic mass is 10.1. The Morgan fingerprint density at radius 1 is 1.35 bits per heavy atom. The first-order valence-electron chi connectivity index (χ1n) is 7.36. The highest BCUT2D eigenvalue weighted by molar-refractivity contribution is 7.99. The van der Waals surface area contributed by atoms with E-state index in [1.165, 1.54) is 11.3 Å². The SMILES string of the molecule is Cc1csc(C(=O)Nc2ccccc2-c2cn3c(n2)SCC3)c1. The predicted molar refractivity (Wildman–Crippen MR) is 95.4 cm³/mol. The van der Waals surface area contributed by atoms with Crippen LogP contribution in [0.4, 0.5) is 5.69 Å². The molecule has 23 heavy (non-hydrogen) atoms. The number of aryl methyl sites for hydroxylation is 2. The van der Waals surface area contributed by atoms with E-state index in [-0.39, 0.29) is 5.91 Å². The van der Waals surface area contributed by atoms with Crippen LogP contribution in [0.15, 0.2) is 47.1 Å². The summed E-state index contributed by atoms with van der Waals surface area (Å²) in [6, 6.07) is 9.73. The van der Waals surface area contributed by atoms with Crippen LogP contribution in [0.2, 0.25) is 0 Å². The van der Waals surface area contributed by atoms with Crippen molar-refractivity contribution in [2.75, 3.05) is 11.1 Å². The van der Waals surface area contributed by atoms with E-state index in [1.807, 2.05) is 42.6 Å². The molecule has 116 valence electrons. The number of para-hydroxylation sites is 1. The van der Waals surface area contributed by atoms with Crippen LogP contribution in [-0.4, -0.2) is 21.2 Å². The molecule has 0 radical (unpaired) electrons. The summed E-state index contributed by atoms with van der Waals surface area (Å²) in [4.78, 5) is 17.8. The second-order valence-electron chi connectivity index (χ2n) is 5.44. The average Bonchev–Trinajstić information content (AvgIpc) is 3.23. The maximum absolute atomic E-state index is 12.4. The molecule has 1 aromatic carbocycles. The van der Waals surface area contributed by atoms with E-state index in [9.17, 15) is 4.79 Å². The van der Waals surface area contributed by atoms with Crippen LogP contribution < -0.4 is 5.32 Å². The molecule has 1 N–H and O–H groups in total. The summed E-state index contributed by atoms with van der Waals surface area (Å²) in [5.74, 6) is 1.01. The summed E-state index contributed by atoms with van der Waals surface area (Å²) in [6.07, 6.45) is 2.07. The first kappa shape index (κ1) is 14.5. The Morgan fingerprint density at radius 2 is 2.22 bits per heavy atom. The van der Waals surface area contributed by atoms with Gasteiger partial charge in [0.1, 0.15) is 0 Å². The minimum Gasteiger partial charge on any atom is -0.325 e. The van der Waals surface area contributed by atoms with E-state index < -0.39 is 0 Å². The van der Waals surface area contributed by atoms with Crippen LogP contribution in [0.3, 0.4) is 0 Å². The molecule has 1 amide bonds. The number of anilines is 1. The number of nitrogens with one attached hydrogen (secondary N) is 1. The van der Waals surface area contributed by atoms with E-state index >= 15 is 0 Å². The number of nitrogens with zero attached hydrogens (tertiary/aromatic N) is 2. The molecule has 4 nitrogen and oxygen atoms in total. The zero-order chi connectivity index (χ0) is 15.8. The van der Waals surface area contributed by atoms with Crippen molar-refractivity contribution in [2.45, 2.75) is 18.6 Å². The molecule has 3 aromatic rings. The lowest BCUT2D eigenvalue weighted by molar-refractivity contribution is 0.103. The molecule has 3 heterocycles. The smallest absolute Gasteiger partial charge is 0.265 e. The molecule has 0 bridgehead atoms. The van der Waals surface area contributed by atoms with Crippen LogP contribution in [-0.2, 0) is 6.54 Å². The number of imidazole rings is 1. The zero-order valence-electron chi connectivity index (χ0n) is 12.6. The number of hydrogen-bond acceptors (Lipinski definition) is 4. The maximum Gasteiger partial charge on any atom is 0.265 e. The van der Waals surface area contributed by atoms with Crippen molar-refractivity contribution in [1.82, 2.24) is 9.55 Å². The van der Waals surface area contributed by atoms with E-state index in [4.69, 9.17) is 0 Å². The number of benzene rings is 1. The standard InChI is InChI=1S/C17H15N3OS2/c1-11-8-15(23-10-11)16(21)18-13-5-3-2-4-12(13)14-9-20-6-7-22-17(20)19-14/h2-5,8-10H,6-7H2,1H3,(H,18,21). The van der Waals surface area contributed by atoms with Gasteiger partial charge in [-0.2, -0.15) is 0 Å². The van der Waals surface area contributed by atoms with Crippen molar-refractivity contribution in [3.8, 4) is 11.3 Å². The third-order valence-electron chi connectivity index (χ3n) is 3.71. The summed E-state index contributed by atoms with van der Waals surface area (Å²) in [5.41, 5.74) is 3.77. The third-order valence-corrected chi connectivity index (χ3v) is 5.73. The number of fused-ring (bicyclic) bond motifs is 1. The Labute approximate surface area is 142 Å². The van der Waals surface area contributed by atoms with E-state index in [0.29, 0.717) is 0 Å². The molecule has 4 rings (SSSR count). The van der Waals surface area contributed by atoms with Gasteiger partial charge < -0.3 is 9.88 Å². The molecule has 0 saturated carbocycles. The van der Waals surface area contributed by atoms with Gasteiger partial charge in [-0.05, 0) is 30.0 Å². The number of amides is 1. The number of carbonyl (C=O) groups is 1. The second-order valence-corrected chi connectivity index (χ2v) is 7.41. The molecule has 1 aliphatic rings. The number of hydrogen-bond donors (Lipinski definition) is 1. The molecular weight excluding hydrogens is 326 g/mol. The highest BCUT2D eigenvalue weighted by Crippen LogP contribution is 2.32. The Bertz CT molecular complexity index is 860. The van der Waals surface area contributed by atoms with Crippen LogP contribution in [0.25, 0.3) is 11.3 Å². The minimum absolute atomic E-state index is 0.0725. The highest BCUT2D eigenvalue weighted by Gasteiger charge is 2.18. The van der Waals surface area contributed by atoms with Gasteiger partial charge in [-0.25, -0.2) is 4.98 Å². The van der Waals surface area contributed by atoms with E-state index in [2.05, 4.69) is 21.1 Å². The topological polar surface area (TPSA) is 46.9 Å². The minimum atomic E-state index is -0.0725. The molecule has 0 fully saturated rings. The molecule has 0 atom stereocenters. The Kier molecular flexibility index (Phi) is 3.71. The van der Waals surface area contributed by atoms with Crippen molar-refractivity contribution in [3.05, 3.63) is 52.3 Å². The summed E-state index contributed by atoms with van der Waals surface area (Å²) in [6.45, 7) is 2.99. The van der Waals surface area contributed by atoms with Gasteiger partial charge in [-0.3, -0.25) is 4.79 Å². The van der Waals surface area contributed by atoms with Crippen molar-refractivity contribution >= 4 is 34.7 Å². The molecule has 0 saturated heterocycles. The summed E-state index contributed by atoms with van der Waals surface area (Å²) >= 11 is 3.23. The highest BCUT2D eigenvalue weighted by atomic mass is 32.2. The van der Waals surface area contributed by atoms with Crippen molar-refractivity contribution in [1.29, 1.82) is 0 Å². The van der Waals surface area contributed by atoms with Crippen LogP contribution in [0.1, 0.15) is 15.2 Å². The summed E-state index contributed by atoms with van der Waals surface area (Å²) in [7, 11) is 0. The number of rotatable bonds is 3. The number of carbonyl (C=O) groups excluding carboxylic acids is 1. The van der Waals surface area contributed by atoms with Crippen molar-refractivity contribution in [3.63, 3.8) is 0 Å².